The first-order valence-corrected chi connectivity index (χ1v) is 8.42. The normalized spacial score (nSPS) is 19.8. The number of hydrogen-bond acceptors (Lipinski definition) is 6. The van der Waals surface area contributed by atoms with Gasteiger partial charge in [0.15, 0.2) is 6.39 Å². The molecule has 0 spiro atoms. The van der Waals surface area contributed by atoms with Crippen LogP contribution in [0.25, 0.3) is 0 Å². The minimum absolute atomic E-state index is 0.591. The number of piperidine rings is 1. The third-order valence-electron chi connectivity index (χ3n) is 4.70. The molecule has 1 saturated heterocycles. The van der Waals surface area contributed by atoms with Gasteiger partial charge in [0.1, 0.15) is 6.26 Å². The van der Waals surface area contributed by atoms with Crippen LogP contribution < -0.4 is 4.74 Å². The number of hydrogen-bond donors (Lipinski definition) is 0. The molecule has 0 bridgehead atoms. The van der Waals surface area contributed by atoms with Crippen molar-refractivity contribution in [3.63, 3.8) is 0 Å². The summed E-state index contributed by atoms with van der Waals surface area (Å²) in [6.07, 6.45) is 8.01. The highest BCUT2D eigenvalue weighted by atomic mass is 16.5. The van der Waals surface area contributed by atoms with Crippen molar-refractivity contribution in [1.82, 2.24) is 20.1 Å². The van der Waals surface area contributed by atoms with Gasteiger partial charge in [0.2, 0.25) is 5.88 Å². The Balaban J connectivity index is 1.20. The molecule has 6 nitrogen and oxygen atoms in total. The lowest BCUT2D eigenvalue weighted by atomic mass is 9.98. The second-order valence-corrected chi connectivity index (χ2v) is 6.58. The molecule has 1 saturated carbocycles. The summed E-state index contributed by atoms with van der Waals surface area (Å²) >= 11 is 0. The summed E-state index contributed by atoms with van der Waals surface area (Å²) in [5.41, 5.74) is 2.12. The molecule has 0 radical (unpaired) electrons. The van der Waals surface area contributed by atoms with Crippen LogP contribution in [0.3, 0.4) is 0 Å². The molecule has 3 heterocycles. The van der Waals surface area contributed by atoms with E-state index in [4.69, 9.17) is 9.15 Å². The molecular formula is C17H22N4O2. The van der Waals surface area contributed by atoms with Crippen molar-refractivity contribution in [1.29, 1.82) is 0 Å². The van der Waals surface area contributed by atoms with E-state index in [1.165, 1.54) is 19.2 Å². The molecular weight excluding hydrogens is 292 g/mol. The van der Waals surface area contributed by atoms with Crippen molar-refractivity contribution in [2.24, 2.45) is 5.92 Å². The average molecular weight is 314 g/mol. The lowest BCUT2D eigenvalue weighted by Gasteiger charge is -2.31. The van der Waals surface area contributed by atoms with Crippen LogP contribution in [0.5, 0.6) is 5.88 Å². The number of aromatic nitrogens is 3. The fourth-order valence-corrected chi connectivity index (χ4v) is 3.06. The van der Waals surface area contributed by atoms with Crippen LogP contribution in [0.15, 0.2) is 29.2 Å². The summed E-state index contributed by atoms with van der Waals surface area (Å²) in [4.78, 5) is 6.60. The molecule has 23 heavy (non-hydrogen) atoms. The molecule has 0 amide bonds. The van der Waals surface area contributed by atoms with E-state index in [9.17, 15) is 0 Å². The van der Waals surface area contributed by atoms with Gasteiger partial charge in [0.25, 0.3) is 0 Å². The second kappa shape index (κ2) is 6.66. The maximum absolute atomic E-state index is 5.82. The molecule has 0 aromatic carbocycles. The quantitative estimate of drug-likeness (QED) is 0.816. The fourth-order valence-electron chi connectivity index (χ4n) is 3.06. The lowest BCUT2D eigenvalue weighted by molar-refractivity contribution is 0.133. The summed E-state index contributed by atoms with van der Waals surface area (Å²) in [5.74, 6) is 1.89. The minimum atomic E-state index is 0.591. The van der Waals surface area contributed by atoms with Crippen molar-refractivity contribution in [2.45, 2.75) is 38.1 Å². The third kappa shape index (κ3) is 3.88. The zero-order valence-corrected chi connectivity index (χ0v) is 13.2. The van der Waals surface area contributed by atoms with E-state index >= 15 is 0 Å². The Morgan fingerprint density at radius 2 is 2.00 bits per heavy atom. The highest BCUT2D eigenvalue weighted by molar-refractivity contribution is 5.17. The van der Waals surface area contributed by atoms with E-state index in [0.717, 1.165) is 50.5 Å². The van der Waals surface area contributed by atoms with E-state index in [1.54, 1.807) is 6.26 Å². The lowest BCUT2D eigenvalue weighted by Crippen LogP contribution is -2.35. The van der Waals surface area contributed by atoms with E-state index in [2.05, 4.69) is 26.1 Å². The Hall–Kier alpha value is -1.95. The summed E-state index contributed by atoms with van der Waals surface area (Å²) in [6.45, 7) is 3.76. The summed E-state index contributed by atoms with van der Waals surface area (Å²) in [7, 11) is 0. The van der Waals surface area contributed by atoms with Crippen molar-refractivity contribution >= 4 is 0 Å². The number of rotatable bonds is 6. The highest BCUT2D eigenvalue weighted by Crippen LogP contribution is 2.38. The van der Waals surface area contributed by atoms with E-state index in [1.807, 2.05) is 6.07 Å². The van der Waals surface area contributed by atoms with Gasteiger partial charge in [-0.25, -0.2) is 4.98 Å². The first-order chi connectivity index (χ1) is 11.4. The molecule has 2 aromatic rings. The van der Waals surface area contributed by atoms with Crippen molar-refractivity contribution in [3.8, 4) is 5.88 Å². The van der Waals surface area contributed by atoms with Gasteiger partial charge in [-0.15, -0.1) is 5.10 Å². The minimum Gasteiger partial charge on any atom is -0.476 e. The maximum Gasteiger partial charge on any atom is 0.233 e. The molecule has 0 unspecified atom stereocenters. The van der Waals surface area contributed by atoms with Crippen LogP contribution in [0.4, 0.5) is 0 Å². The topological polar surface area (TPSA) is 64.3 Å². The molecule has 2 aliphatic rings. The zero-order chi connectivity index (χ0) is 15.5. The summed E-state index contributed by atoms with van der Waals surface area (Å²) in [5, 5.41) is 8.45. The zero-order valence-electron chi connectivity index (χ0n) is 13.2. The van der Waals surface area contributed by atoms with Crippen molar-refractivity contribution in [2.75, 3.05) is 19.7 Å². The largest absolute Gasteiger partial charge is 0.476 e. The van der Waals surface area contributed by atoms with Crippen LogP contribution in [-0.4, -0.2) is 39.8 Å². The number of nitrogens with zero attached hydrogens (tertiary/aromatic N) is 4. The Kier molecular flexibility index (Phi) is 4.24. The standard InChI is InChI=1S/C17H22N4O2/c1-2-14(1)16-3-4-17(20-19-16)23-10-13-5-7-21(8-6-13)9-15-11-22-12-18-15/h3-4,11-14H,1-2,5-10H2. The van der Waals surface area contributed by atoms with Gasteiger partial charge < -0.3 is 9.15 Å². The second-order valence-electron chi connectivity index (χ2n) is 6.58. The van der Waals surface area contributed by atoms with Crippen LogP contribution in [0.2, 0.25) is 0 Å². The van der Waals surface area contributed by atoms with Gasteiger partial charge in [0, 0.05) is 18.5 Å². The van der Waals surface area contributed by atoms with Crippen molar-refractivity contribution < 1.29 is 9.15 Å². The first kappa shape index (κ1) is 14.6. The van der Waals surface area contributed by atoms with Crippen LogP contribution in [-0.2, 0) is 6.54 Å². The van der Waals surface area contributed by atoms with Crippen LogP contribution in [0, 0.1) is 5.92 Å². The molecule has 1 aliphatic heterocycles. The highest BCUT2D eigenvalue weighted by Gasteiger charge is 2.25. The Labute approximate surface area is 135 Å². The number of oxazole rings is 1. The molecule has 2 fully saturated rings. The van der Waals surface area contributed by atoms with Gasteiger partial charge in [-0.1, -0.05) is 0 Å². The molecule has 0 atom stereocenters. The first-order valence-electron chi connectivity index (χ1n) is 8.42. The third-order valence-corrected chi connectivity index (χ3v) is 4.70. The van der Waals surface area contributed by atoms with Gasteiger partial charge in [-0.05, 0) is 50.8 Å². The average Bonchev–Trinajstić information content (AvgIpc) is 3.32. The molecule has 0 N–H and O–H groups in total. The molecule has 1 aliphatic carbocycles. The maximum atomic E-state index is 5.82. The molecule has 6 heteroatoms. The Morgan fingerprint density at radius 1 is 1.13 bits per heavy atom. The number of ether oxygens (including phenoxy) is 1. The van der Waals surface area contributed by atoms with E-state index < -0.39 is 0 Å². The van der Waals surface area contributed by atoms with Gasteiger partial charge >= 0.3 is 0 Å². The van der Waals surface area contributed by atoms with E-state index in [0.29, 0.717) is 17.7 Å². The monoisotopic (exact) mass is 314 g/mol. The molecule has 2 aromatic heterocycles. The van der Waals surface area contributed by atoms with Crippen molar-refractivity contribution in [3.05, 3.63) is 36.2 Å². The fraction of sp³-hybridized carbons (Fsp3) is 0.588. The van der Waals surface area contributed by atoms with Crippen LogP contribution >= 0.6 is 0 Å². The smallest absolute Gasteiger partial charge is 0.233 e. The molecule has 122 valence electrons. The summed E-state index contributed by atoms with van der Waals surface area (Å²) in [6, 6.07) is 4.01. The Bertz CT molecular complexity index is 602. The predicted molar refractivity (Wildman–Crippen MR) is 84.0 cm³/mol. The number of likely N-dealkylation sites (tertiary alicyclic amines) is 1. The predicted octanol–water partition coefficient (Wildman–Crippen LogP) is 2.63. The SMILES string of the molecule is c1nc(CN2CCC(COc3ccc(C4CC4)nn3)CC2)co1. The van der Waals surface area contributed by atoms with Gasteiger partial charge in [-0.2, -0.15) is 5.10 Å². The molecule has 4 rings (SSSR count). The van der Waals surface area contributed by atoms with E-state index in [-0.39, 0.29) is 0 Å². The van der Waals surface area contributed by atoms with Gasteiger partial charge in [0.05, 0.1) is 18.0 Å². The van der Waals surface area contributed by atoms with Gasteiger partial charge in [-0.3, -0.25) is 4.90 Å². The Morgan fingerprint density at radius 3 is 2.65 bits per heavy atom. The summed E-state index contributed by atoms with van der Waals surface area (Å²) < 4.78 is 10.8. The van der Waals surface area contributed by atoms with Crippen LogP contribution in [0.1, 0.15) is 43.0 Å².